The molecule has 0 amide bonds. The van der Waals surface area contributed by atoms with Gasteiger partial charge < -0.3 is 5.32 Å². The molecule has 0 saturated heterocycles. The van der Waals surface area contributed by atoms with Gasteiger partial charge in [-0.1, -0.05) is 17.4 Å². The Morgan fingerprint density at radius 1 is 1.33 bits per heavy atom. The minimum absolute atomic E-state index is 0.744. The summed E-state index contributed by atoms with van der Waals surface area (Å²) >= 11 is 1.56. The normalized spacial score (nSPS) is 10.3. The Hall–Kier alpha value is -1.49. The number of hydrogen-bond donors (Lipinski definition) is 1. The maximum Gasteiger partial charge on any atom is 0.205 e. The fourth-order valence-electron chi connectivity index (χ4n) is 1.24. The van der Waals surface area contributed by atoms with E-state index in [1.54, 1.807) is 17.5 Å². The molecule has 0 aliphatic heterocycles. The van der Waals surface area contributed by atoms with Crippen molar-refractivity contribution in [1.82, 2.24) is 15.2 Å². The third-order valence-corrected chi connectivity index (χ3v) is 2.87. The number of aromatic nitrogens is 3. The summed E-state index contributed by atoms with van der Waals surface area (Å²) in [6, 6.07) is 4.00. The summed E-state index contributed by atoms with van der Waals surface area (Å²) in [6.45, 7) is 4.69. The largest absolute Gasteiger partial charge is 0.356 e. The van der Waals surface area contributed by atoms with Gasteiger partial charge in [0.15, 0.2) is 0 Å². The van der Waals surface area contributed by atoms with Crippen LogP contribution < -0.4 is 5.32 Å². The summed E-state index contributed by atoms with van der Waals surface area (Å²) in [7, 11) is 0. The van der Waals surface area contributed by atoms with Crippen molar-refractivity contribution in [2.75, 3.05) is 5.32 Å². The molecule has 0 saturated carbocycles. The lowest BCUT2D eigenvalue weighted by Gasteiger charge is -2.04. The molecule has 78 valence electrons. The third-order valence-electron chi connectivity index (χ3n) is 2.07. The summed E-state index contributed by atoms with van der Waals surface area (Å²) in [5.74, 6) is 0. The molecule has 0 radical (unpaired) electrons. The first-order chi connectivity index (χ1) is 7.25. The van der Waals surface area contributed by atoms with Gasteiger partial charge in [-0.25, -0.2) is 0 Å². The lowest BCUT2D eigenvalue weighted by molar-refractivity contribution is 1.01. The average Bonchev–Trinajstić information content (AvgIpc) is 2.63. The highest BCUT2D eigenvalue weighted by molar-refractivity contribution is 7.15. The molecule has 2 aromatic rings. The van der Waals surface area contributed by atoms with Crippen LogP contribution in [-0.4, -0.2) is 15.2 Å². The fourth-order valence-corrected chi connectivity index (χ4v) is 1.83. The number of anilines is 1. The number of nitrogens with one attached hydrogen (secondary N) is 1. The zero-order valence-corrected chi connectivity index (χ0v) is 9.51. The van der Waals surface area contributed by atoms with E-state index >= 15 is 0 Å². The van der Waals surface area contributed by atoms with E-state index in [1.807, 2.05) is 19.9 Å². The van der Waals surface area contributed by atoms with Crippen LogP contribution in [0.1, 0.15) is 16.3 Å². The Morgan fingerprint density at radius 2 is 2.20 bits per heavy atom. The molecule has 0 unspecified atom stereocenters. The Kier molecular flexibility index (Phi) is 2.91. The highest BCUT2D eigenvalue weighted by Crippen LogP contribution is 2.15. The monoisotopic (exact) mass is 220 g/mol. The molecule has 0 atom stereocenters. The van der Waals surface area contributed by atoms with E-state index < -0.39 is 0 Å². The number of aryl methyl sites for hydroxylation is 2. The molecule has 0 aliphatic rings. The van der Waals surface area contributed by atoms with E-state index in [9.17, 15) is 0 Å². The number of rotatable bonds is 3. The molecule has 0 bridgehead atoms. The van der Waals surface area contributed by atoms with Gasteiger partial charge in [-0.3, -0.25) is 4.98 Å². The third kappa shape index (κ3) is 2.50. The topological polar surface area (TPSA) is 50.7 Å². The Balaban J connectivity index is 2.02. The molecule has 2 heterocycles. The average molecular weight is 220 g/mol. The second kappa shape index (κ2) is 4.35. The van der Waals surface area contributed by atoms with Gasteiger partial charge in [0.2, 0.25) is 5.13 Å². The Morgan fingerprint density at radius 3 is 2.87 bits per heavy atom. The minimum Gasteiger partial charge on any atom is -0.356 e. The SMILES string of the molecule is Cc1nnc(NCc2cccnc2C)s1. The van der Waals surface area contributed by atoms with Crippen molar-refractivity contribution in [2.24, 2.45) is 0 Å². The van der Waals surface area contributed by atoms with Crippen molar-refractivity contribution in [1.29, 1.82) is 0 Å². The summed E-state index contributed by atoms with van der Waals surface area (Å²) < 4.78 is 0. The maximum atomic E-state index is 4.22. The van der Waals surface area contributed by atoms with Crippen molar-refractivity contribution in [3.05, 3.63) is 34.6 Å². The molecule has 4 nitrogen and oxygen atoms in total. The van der Waals surface area contributed by atoms with Crippen LogP contribution in [0.25, 0.3) is 0 Å². The molecule has 2 aromatic heterocycles. The number of pyridine rings is 1. The fraction of sp³-hybridized carbons (Fsp3) is 0.300. The van der Waals surface area contributed by atoms with Crippen LogP contribution in [0.5, 0.6) is 0 Å². The smallest absolute Gasteiger partial charge is 0.205 e. The molecule has 2 rings (SSSR count). The van der Waals surface area contributed by atoms with Crippen LogP contribution >= 0.6 is 11.3 Å². The van der Waals surface area contributed by atoms with Crippen molar-refractivity contribution < 1.29 is 0 Å². The predicted molar refractivity (Wildman–Crippen MR) is 60.9 cm³/mol. The van der Waals surface area contributed by atoms with Gasteiger partial charge in [-0.05, 0) is 25.5 Å². The highest BCUT2D eigenvalue weighted by atomic mass is 32.1. The number of hydrogen-bond acceptors (Lipinski definition) is 5. The first-order valence-electron chi connectivity index (χ1n) is 4.70. The van der Waals surface area contributed by atoms with Crippen LogP contribution in [0.2, 0.25) is 0 Å². The van der Waals surface area contributed by atoms with Crippen molar-refractivity contribution in [2.45, 2.75) is 20.4 Å². The van der Waals surface area contributed by atoms with E-state index in [4.69, 9.17) is 0 Å². The second-order valence-corrected chi connectivity index (χ2v) is 4.41. The van der Waals surface area contributed by atoms with Gasteiger partial charge in [0.25, 0.3) is 0 Å². The van der Waals surface area contributed by atoms with E-state index in [-0.39, 0.29) is 0 Å². The van der Waals surface area contributed by atoms with E-state index in [2.05, 4.69) is 26.6 Å². The quantitative estimate of drug-likeness (QED) is 0.861. The van der Waals surface area contributed by atoms with Crippen LogP contribution in [0.3, 0.4) is 0 Å². The summed E-state index contributed by atoms with van der Waals surface area (Å²) in [6.07, 6.45) is 1.80. The molecule has 0 fully saturated rings. The van der Waals surface area contributed by atoms with E-state index in [0.29, 0.717) is 0 Å². The van der Waals surface area contributed by atoms with Crippen molar-refractivity contribution in [3.63, 3.8) is 0 Å². The van der Waals surface area contributed by atoms with E-state index in [0.717, 1.165) is 22.4 Å². The van der Waals surface area contributed by atoms with Crippen molar-refractivity contribution >= 4 is 16.5 Å². The first-order valence-corrected chi connectivity index (χ1v) is 5.52. The first kappa shape index (κ1) is 10.0. The van der Waals surface area contributed by atoms with Gasteiger partial charge in [0.05, 0.1) is 0 Å². The molecular formula is C10H12N4S. The van der Waals surface area contributed by atoms with Crippen LogP contribution in [0.4, 0.5) is 5.13 Å². The number of nitrogens with zero attached hydrogens (tertiary/aromatic N) is 3. The summed E-state index contributed by atoms with van der Waals surface area (Å²) in [4.78, 5) is 4.22. The van der Waals surface area contributed by atoms with Crippen molar-refractivity contribution in [3.8, 4) is 0 Å². The minimum atomic E-state index is 0.744. The van der Waals surface area contributed by atoms with Gasteiger partial charge in [-0.2, -0.15) is 0 Å². The van der Waals surface area contributed by atoms with Gasteiger partial charge in [0.1, 0.15) is 5.01 Å². The summed E-state index contributed by atoms with van der Waals surface area (Å²) in [5, 5.41) is 13.0. The molecular weight excluding hydrogens is 208 g/mol. The Bertz CT molecular complexity index is 452. The predicted octanol–water partition coefficient (Wildman–Crippen LogP) is 2.16. The Labute approximate surface area is 92.4 Å². The zero-order chi connectivity index (χ0) is 10.7. The summed E-state index contributed by atoms with van der Waals surface area (Å²) in [5.41, 5.74) is 2.23. The van der Waals surface area contributed by atoms with Crippen LogP contribution in [-0.2, 0) is 6.54 Å². The van der Waals surface area contributed by atoms with Crippen LogP contribution in [0.15, 0.2) is 18.3 Å². The second-order valence-electron chi connectivity index (χ2n) is 3.23. The maximum absolute atomic E-state index is 4.22. The van der Waals surface area contributed by atoms with Gasteiger partial charge >= 0.3 is 0 Å². The molecule has 1 N–H and O–H groups in total. The van der Waals surface area contributed by atoms with Crippen LogP contribution in [0, 0.1) is 13.8 Å². The lowest BCUT2D eigenvalue weighted by atomic mass is 10.2. The molecule has 0 spiro atoms. The van der Waals surface area contributed by atoms with E-state index in [1.165, 1.54) is 5.56 Å². The standard InChI is InChI=1S/C10H12N4S/c1-7-9(4-3-5-11-7)6-12-10-14-13-8(2)15-10/h3-5H,6H2,1-2H3,(H,12,14). The van der Waals surface area contributed by atoms with Gasteiger partial charge in [0, 0.05) is 18.4 Å². The highest BCUT2D eigenvalue weighted by Gasteiger charge is 2.01. The molecule has 5 heteroatoms. The molecule has 0 aromatic carbocycles. The zero-order valence-electron chi connectivity index (χ0n) is 8.69. The lowest BCUT2D eigenvalue weighted by Crippen LogP contribution is -2.01. The van der Waals surface area contributed by atoms with Gasteiger partial charge in [-0.15, -0.1) is 10.2 Å². The molecule has 15 heavy (non-hydrogen) atoms. The molecule has 0 aliphatic carbocycles.